The van der Waals surface area contributed by atoms with Crippen LogP contribution in [0.2, 0.25) is 0 Å². The molecule has 7 heteroatoms. The predicted molar refractivity (Wildman–Crippen MR) is 109 cm³/mol. The van der Waals surface area contributed by atoms with Crippen LogP contribution in [0.1, 0.15) is 6.42 Å². The van der Waals surface area contributed by atoms with Crippen LogP contribution in [-0.4, -0.2) is 56.8 Å². The highest BCUT2D eigenvalue weighted by Gasteiger charge is 2.23. The van der Waals surface area contributed by atoms with Crippen LogP contribution in [0.3, 0.4) is 0 Å². The van der Waals surface area contributed by atoms with Crippen LogP contribution in [0.5, 0.6) is 0 Å². The molecule has 1 atom stereocenters. The van der Waals surface area contributed by atoms with Gasteiger partial charge in [-0.25, -0.2) is 0 Å². The summed E-state index contributed by atoms with van der Waals surface area (Å²) in [7, 11) is 0. The van der Waals surface area contributed by atoms with Gasteiger partial charge in [0.1, 0.15) is 0 Å². The number of anilines is 1. The number of aliphatic imine (C=N–C) groups is 1. The lowest BCUT2D eigenvalue weighted by atomic mass is 10.1. The van der Waals surface area contributed by atoms with Crippen molar-refractivity contribution in [2.75, 3.05) is 50.8 Å². The zero-order valence-electron chi connectivity index (χ0n) is 13.2. The molecule has 23 heavy (non-hydrogen) atoms. The number of rotatable bonds is 3. The fourth-order valence-corrected chi connectivity index (χ4v) is 3.39. The minimum atomic E-state index is 0. The molecule has 1 aromatic carbocycles. The van der Waals surface area contributed by atoms with Crippen molar-refractivity contribution in [1.82, 2.24) is 4.90 Å². The van der Waals surface area contributed by atoms with E-state index >= 15 is 0 Å². The van der Waals surface area contributed by atoms with Crippen LogP contribution >= 0.6 is 39.9 Å². The Balaban J connectivity index is 0.00000192. The molecule has 0 saturated carbocycles. The van der Waals surface area contributed by atoms with Crippen molar-refractivity contribution < 1.29 is 4.74 Å². The van der Waals surface area contributed by atoms with Gasteiger partial charge in [-0.15, -0.1) is 24.0 Å². The summed E-state index contributed by atoms with van der Waals surface area (Å²) < 4.78 is 6.47. The first-order valence-corrected chi connectivity index (χ1v) is 8.65. The second kappa shape index (κ2) is 9.08. The molecule has 2 saturated heterocycles. The van der Waals surface area contributed by atoms with Gasteiger partial charge in [-0.05, 0) is 30.5 Å². The maximum atomic E-state index is 6.09. The summed E-state index contributed by atoms with van der Waals surface area (Å²) in [5.41, 5.74) is 7.37. The van der Waals surface area contributed by atoms with Gasteiger partial charge in [0.2, 0.25) is 0 Å². The fraction of sp³-hybridized carbons (Fsp3) is 0.562. The van der Waals surface area contributed by atoms with E-state index in [1.807, 2.05) is 0 Å². The molecule has 1 aromatic rings. The van der Waals surface area contributed by atoms with Crippen LogP contribution in [0, 0.1) is 5.92 Å². The quantitative estimate of drug-likeness (QED) is 0.398. The standard InChI is InChI=1S/C16H23BrN4O.HI/c17-14-2-1-3-15(10-14)21-5-4-13(12-21)11-19-16(18)20-6-8-22-9-7-20;/h1-3,10,13H,4-9,11-12H2,(H2,18,19);1H. The molecule has 0 radical (unpaired) electrons. The van der Waals surface area contributed by atoms with E-state index in [1.54, 1.807) is 0 Å². The molecule has 0 aliphatic carbocycles. The molecule has 5 nitrogen and oxygen atoms in total. The Morgan fingerprint density at radius 1 is 1.30 bits per heavy atom. The van der Waals surface area contributed by atoms with E-state index in [0.717, 1.165) is 50.4 Å². The van der Waals surface area contributed by atoms with Crippen molar-refractivity contribution in [1.29, 1.82) is 0 Å². The molecule has 0 bridgehead atoms. The van der Waals surface area contributed by atoms with Gasteiger partial charge in [0, 0.05) is 42.9 Å². The molecular weight excluding hydrogens is 471 g/mol. The van der Waals surface area contributed by atoms with Gasteiger partial charge < -0.3 is 20.3 Å². The van der Waals surface area contributed by atoms with Gasteiger partial charge in [0.25, 0.3) is 0 Å². The van der Waals surface area contributed by atoms with Crippen LogP contribution in [0.15, 0.2) is 33.7 Å². The number of halogens is 2. The van der Waals surface area contributed by atoms with Gasteiger partial charge in [-0.1, -0.05) is 22.0 Å². The average molecular weight is 495 g/mol. The summed E-state index contributed by atoms with van der Waals surface area (Å²) in [5, 5.41) is 0. The summed E-state index contributed by atoms with van der Waals surface area (Å²) in [5.74, 6) is 1.25. The number of morpholine rings is 1. The molecule has 128 valence electrons. The maximum absolute atomic E-state index is 6.09. The molecule has 2 N–H and O–H groups in total. The first-order valence-electron chi connectivity index (χ1n) is 7.85. The third-order valence-corrected chi connectivity index (χ3v) is 4.80. The molecule has 2 heterocycles. The van der Waals surface area contributed by atoms with E-state index in [1.165, 1.54) is 12.1 Å². The van der Waals surface area contributed by atoms with Gasteiger partial charge in [-0.2, -0.15) is 0 Å². The van der Waals surface area contributed by atoms with Gasteiger partial charge >= 0.3 is 0 Å². The molecular formula is C16H24BrIN4O. The third kappa shape index (κ3) is 5.22. The Bertz CT molecular complexity index is 537. The molecule has 0 spiro atoms. The highest BCUT2D eigenvalue weighted by Crippen LogP contribution is 2.26. The summed E-state index contributed by atoms with van der Waals surface area (Å²) in [6.45, 7) is 6.15. The van der Waals surface area contributed by atoms with E-state index in [9.17, 15) is 0 Å². The zero-order valence-corrected chi connectivity index (χ0v) is 17.1. The highest BCUT2D eigenvalue weighted by molar-refractivity contribution is 14.0. The Hall–Kier alpha value is -0.540. The van der Waals surface area contributed by atoms with Crippen molar-refractivity contribution in [3.05, 3.63) is 28.7 Å². The van der Waals surface area contributed by atoms with Crippen molar-refractivity contribution in [2.24, 2.45) is 16.6 Å². The van der Waals surface area contributed by atoms with Crippen molar-refractivity contribution in [3.8, 4) is 0 Å². The Labute approximate surface area is 163 Å². The van der Waals surface area contributed by atoms with E-state index in [4.69, 9.17) is 10.5 Å². The Morgan fingerprint density at radius 2 is 2.09 bits per heavy atom. The Morgan fingerprint density at radius 3 is 2.83 bits per heavy atom. The summed E-state index contributed by atoms with van der Waals surface area (Å²) in [6.07, 6.45) is 1.17. The molecule has 2 fully saturated rings. The normalized spacial score (nSPS) is 22.1. The van der Waals surface area contributed by atoms with Crippen molar-refractivity contribution in [3.63, 3.8) is 0 Å². The fourth-order valence-electron chi connectivity index (χ4n) is 3.00. The number of nitrogens with zero attached hydrogens (tertiary/aromatic N) is 3. The zero-order chi connectivity index (χ0) is 15.4. The topological polar surface area (TPSA) is 54.1 Å². The number of ether oxygens (including phenoxy) is 1. The van der Waals surface area contributed by atoms with Crippen LogP contribution < -0.4 is 10.6 Å². The number of hydrogen-bond acceptors (Lipinski definition) is 3. The molecule has 0 aromatic heterocycles. The highest BCUT2D eigenvalue weighted by atomic mass is 127. The summed E-state index contributed by atoms with van der Waals surface area (Å²) in [6, 6.07) is 8.48. The largest absolute Gasteiger partial charge is 0.378 e. The SMILES string of the molecule is I.NC(=NCC1CCN(c2cccc(Br)c2)C1)N1CCOCC1. The molecule has 2 aliphatic heterocycles. The summed E-state index contributed by atoms with van der Waals surface area (Å²) in [4.78, 5) is 9.15. The van der Waals surface area contributed by atoms with Crippen LogP contribution in [0.4, 0.5) is 5.69 Å². The van der Waals surface area contributed by atoms with Crippen molar-refractivity contribution in [2.45, 2.75) is 6.42 Å². The smallest absolute Gasteiger partial charge is 0.191 e. The first kappa shape index (κ1) is 18.8. The monoisotopic (exact) mass is 494 g/mol. The number of nitrogens with two attached hydrogens (primary N) is 1. The molecule has 2 aliphatic rings. The second-order valence-electron chi connectivity index (χ2n) is 5.88. The number of guanidine groups is 1. The minimum Gasteiger partial charge on any atom is -0.378 e. The van der Waals surface area contributed by atoms with E-state index in [2.05, 4.69) is 55.0 Å². The number of benzene rings is 1. The van der Waals surface area contributed by atoms with Gasteiger partial charge in [-0.3, -0.25) is 4.99 Å². The van der Waals surface area contributed by atoms with Crippen LogP contribution in [-0.2, 0) is 4.74 Å². The number of hydrogen-bond donors (Lipinski definition) is 1. The summed E-state index contributed by atoms with van der Waals surface area (Å²) >= 11 is 3.54. The predicted octanol–water partition coefficient (Wildman–Crippen LogP) is 2.54. The van der Waals surface area contributed by atoms with Gasteiger partial charge in [0.15, 0.2) is 5.96 Å². The van der Waals surface area contributed by atoms with Crippen molar-refractivity contribution >= 4 is 51.6 Å². The maximum Gasteiger partial charge on any atom is 0.191 e. The second-order valence-corrected chi connectivity index (χ2v) is 6.79. The van der Waals surface area contributed by atoms with E-state index in [0.29, 0.717) is 11.9 Å². The van der Waals surface area contributed by atoms with Crippen LogP contribution in [0.25, 0.3) is 0 Å². The lowest BCUT2D eigenvalue weighted by molar-refractivity contribution is 0.0674. The average Bonchev–Trinajstić information content (AvgIpc) is 3.02. The molecule has 0 amide bonds. The lowest BCUT2D eigenvalue weighted by Crippen LogP contribution is -2.45. The minimum absolute atomic E-state index is 0. The van der Waals surface area contributed by atoms with E-state index < -0.39 is 0 Å². The third-order valence-electron chi connectivity index (χ3n) is 4.31. The molecule has 3 rings (SSSR count). The molecule has 1 unspecified atom stereocenters. The van der Waals surface area contributed by atoms with E-state index in [-0.39, 0.29) is 24.0 Å². The first-order chi connectivity index (χ1) is 10.7. The van der Waals surface area contributed by atoms with Gasteiger partial charge in [0.05, 0.1) is 13.2 Å². The lowest BCUT2D eigenvalue weighted by Gasteiger charge is -2.27. The Kier molecular flexibility index (Phi) is 7.42.